The Kier molecular flexibility index (Phi) is 5.86. The van der Waals surface area contributed by atoms with E-state index in [1.165, 1.54) is 18.2 Å². The minimum atomic E-state index is -1.24. The summed E-state index contributed by atoms with van der Waals surface area (Å²) < 4.78 is 64.8. The molecule has 0 aliphatic carbocycles. The molecule has 1 aliphatic heterocycles. The van der Waals surface area contributed by atoms with Gasteiger partial charge >= 0.3 is 0 Å². The lowest BCUT2D eigenvalue weighted by molar-refractivity contribution is 0.380. The number of ether oxygens (including phenoxy) is 1. The fraction of sp³-hybridized carbons (Fsp3) is 0.231. The molecule has 0 spiro atoms. The van der Waals surface area contributed by atoms with Crippen LogP contribution in [0.1, 0.15) is 42.0 Å². The summed E-state index contributed by atoms with van der Waals surface area (Å²) in [6.07, 6.45) is 4.46. The quantitative estimate of drug-likeness (QED) is 0.227. The maximum Gasteiger partial charge on any atom is 0.202 e. The molecule has 3 aromatic carbocycles. The molecule has 0 atom stereocenters. The van der Waals surface area contributed by atoms with E-state index in [4.69, 9.17) is 4.74 Å². The van der Waals surface area contributed by atoms with Gasteiger partial charge in [-0.25, -0.2) is 13.2 Å². The minimum absolute atomic E-state index is 0.0307. The number of benzene rings is 3. The maximum atomic E-state index is 14.9. The van der Waals surface area contributed by atoms with Gasteiger partial charge in [0.15, 0.2) is 23.1 Å². The molecule has 1 aliphatic rings. The van der Waals surface area contributed by atoms with Crippen LogP contribution in [0.25, 0.3) is 11.1 Å². The van der Waals surface area contributed by atoms with Crippen LogP contribution in [0.2, 0.25) is 0 Å². The van der Waals surface area contributed by atoms with Crippen molar-refractivity contribution in [2.24, 2.45) is 0 Å². The van der Waals surface area contributed by atoms with E-state index >= 15 is 0 Å². The number of hydrogen-bond donors (Lipinski definition) is 0. The molecule has 0 fully saturated rings. The lowest BCUT2D eigenvalue weighted by Gasteiger charge is -2.23. The van der Waals surface area contributed by atoms with Crippen molar-refractivity contribution in [3.63, 3.8) is 0 Å². The van der Waals surface area contributed by atoms with E-state index in [1.807, 2.05) is 6.92 Å². The van der Waals surface area contributed by atoms with Gasteiger partial charge in [0, 0.05) is 28.7 Å². The molecule has 0 bridgehead atoms. The summed E-state index contributed by atoms with van der Waals surface area (Å²) in [5.41, 5.74) is 1.90. The van der Waals surface area contributed by atoms with Crippen molar-refractivity contribution in [3.8, 4) is 22.6 Å². The third kappa shape index (κ3) is 3.85. The Bertz CT molecular complexity index is 1170. The highest BCUT2D eigenvalue weighted by Gasteiger charge is 2.29. The van der Waals surface area contributed by atoms with E-state index in [2.05, 4.69) is 6.58 Å². The molecule has 31 heavy (non-hydrogen) atoms. The van der Waals surface area contributed by atoms with Crippen LogP contribution >= 0.6 is 0 Å². The first-order valence-corrected chi connectivity index (χ1v) is 10.3. The summed E-state index contributed by atoms with van der Waals surface area (Å²) in [7, 11) is 0. The predicted molar refractivity (Wildman–Crippen MR) is 114 cm³/mol. The van der Waals surface area contributed by atoms with E-state index < -0.39 is 23.3 Å². The van der Waals surface area contributed by atoms with E-state index in [0.717, 1.165) is 12.0 Å². The molecule has 0 unspecified atom stereocenters. The topological polar surface area (TPSA) is 9.23 Å². The fourth-order valence-corrected chi connectivity index (χ4v) is 3.96. The van der Waals surface area contributed by atoms with E-state index in [-0.39, 0.29) is 29.0 Å². The van der Waals surface area contributed by atoms with Gasteiger partial charge in [-0.1, -0.05) is 43.7 Å². The van der Waals surface area contributed by atoms with E-state index in [0.29, 0.717) is 36.0 Å². The second-order valence-electron chi connectivity index (χ2n) is 7.74. The van der Waals surface area contributed by atoms with Crippen molar-refractivity contribution >= 4 is 0 Å². The zero-order chi connectivity index (χ0) is 22.1. The number of hydrogen-bond acceptors (Lipinski definition) is 1. The number of rotatable bonds is 6. The first kappa shape index (κ1) is 21.2. The lowest BCUT2D eigenvalue weighted by atomic mass is 9.93. The summed E-state index contributed by atoms with van der Waals surface area (Å²) >= 11 is 0. The molecule has 1 heterocycles. The SMILES string of the molecule is C=CCCc1ccc(-c2cc3c(c(F)c2F)Oc2c(ccc(CCC)c2F)C3)c(F)c1. The molecule has 0 N–H and O–H groups in total. The Morgan fingerprint density at radius 1 is 0.871 bits per heavy atom. The van der Waals surface area contributed by atoms with Crippen LogP contribution in [0.5, 0.6) is 11.5 Å². The molecular weight excluding hydrogens is 404 g/mol. The van der Waals surface area contributed by atoms with Crippen LogP contribution in [0.3, 0.4) is 0 Å². The van der Waals surface area contributed by atoms with Gasteiger partial charge in [-0.2, -0.15) is 4.39 Å². The lowest BCUT2D eigenvalue weighted by Crippen LogP contribution is -2.10. The van der Waals surface area contributed by atoms with E-state index in [1.54, 1.807) is 24.3 Å². The van der Waals surface area contributed by atoms with Gasteiger partial charge in [-0.15, -0.1) is 6.58 Å². The summed E-state index contributed by atoms with van der Waals surface area (Å²) in [5, 5.41) is 0. The number of halogens is 4. The van der Waals surface area contributed by atoms with Gasteiger partial charge in [0.2, 0.25) is 5.82 Å². The molecule has 0 saturated carbocycles. The average Bonchev–Trinajstić information content (AvgIpc) is 2.76. The Balaban J connectivity index is 1.75. The zero-order valence-electron chi connectivity index (χ0n) is 17.2. The molecular formula is C26H22F4O. The Morgan fingerprint density at radius 3 is 2.35 bits per heavy atom. The third-order valence-electron chi connectivity index (χ3n) is 5.56. The van der Waals surface area contributed by atoms with Crippen molar-refractivity contribution < 1.29 is 22.3 Å². The Morgan fingerprint density at radius 2 is 1.65 bits per heavy atom. The van der Waals surface area contributed by atoms with Gasteiger partial charge in [0.1, 0.15) is 5.82 Å². The molecule has 0 aromatic heterocycles. The van der Waals surface area contributed by atoms with Crippen molar-refractivity contribution in [2.45, 2.75) is 39.0 Å². The molecule has 1 nitrogen and oxygen atoms in total. The molecule has 160 valence electrons. The smallest absolute Gasteiger partial charge is 0.202 e. The minimum Gasteiger partial charge on any atom is -0.450 e. The number of fused-ring (bicyclic) bond motifs is 2. The second-order valence-corrected chi connectivity index (χ2v) is 7.74. The van der Waals surface area contributed by atoms with Gasteiger partial charge < -0.3 is 4.74 Å². The van der Waals surface area contributed by atoms with Crippen LogP contribution in [-0.2, 0) is 19.3 Å². The van der Waals surface area contributed by atoms with E-state index in [9.17, 15) is 17.6 Å². The fourth-order valence-electron chi connectivity index (χ4n) is 3.96. The van der Waals surface area contributed by atoms with Gasteiger partial charge in [-0.3, -0.25) is 0 Å². The summed E-state index contributed by atoms with van der Waals surface area (Å²) in [4.78, 5) is 0. The van der Waals surface area contributed by atoms with Crippen molar-refractivity contribution in [1.82, 2.24) is 0 Å². The van der Waals surface area contributed by atoms with Crippen LogP contribution in [0.15, 0.2) is 49.1 Å². The van der Waals surface area contributed by atoms with Gasteiger partial charge in [0.05, 0.1) is 0 Å². The molecule has 4 rings (SSSR count). The maximum absolute atomic E-state index is 14.9. The molecule has 0 amide bonds. The molecule has 0 saturated heterocycles. The van der Waals surface area contributed by atoms with Crippen molar-refractivity contribution in [3.05, 3.63) is 94.6 Å². The highest BCUT2D eigenvalue weighted by molar-refractivity contribution is 5.69. The van der Waals surface area contributed by atoms with Crippen molar-refractivity contribution in [1.29, 1.82) is 0 Å². The predicted octanol–water partition coefficient (Wildman–Crippen LogP) is 7.68. The summed E-state index contributed by atoms with van der Waals surface area (Å²) in [5.74, 6) is -4.05. The van der Waals surface area contributed by atoms with Crippen LogP contribution in [0, 0.1) is 23.3 Å². The molecule has 0 radical (unpaired) electrons. The van der Waals surface area contributed by atoms with Crippen LogP contribution < -0.4 is 4.74 Å². The first-order valence-electron chi connectivity index (χ1n) is 10.3. The van der Waals surface area contributed by atoms with Crippen LogP contribution in [0.4, 0.5) is 17.6 Å². The highest BCUT2D eigenvalue weighted by atomic mass is 19.2. The third-order valence-corrected chi connectivity index (χ3v) is 5.56. The average molecular weight is 426 g/mol. The summed E-state index contributed by atoms with van der Waals surface area (Å²) in [6.45, 7) is 5.57. The van der Waals surface area contributed by atoms with Gasteiger partial charge in [0.25, 0.3) is 0 Å². The van der Waals surface area contributed by atoms with Crippen molar-refractivity contribution in [2.75, 3.05) is 0 Å². The Hall–Kier alpha value is -3.08. The largest absolute Gasteiger partial charge is 0.450 e. The molecule has 3 aromatic rings. The summed E-state index contributed by atoms with van der Waals surface area (Å²) in [6, 6.07) is 9.28. The monoisotopic (exact) mass is 426 g/mol. The van der Waals surface area contributed by atoms with Crippen LogP contribution in [-0.4, -0.2) is 0 Å². The Labute approximate surface area is 179 Å². The number of allylic oxidation sites excluding steroid dienone is 1. The molecule has 5 heteroatoms. The van der Waals surface area contributed by atoms with Gasteiger partial charge in [-0.05, 0) is 42.5 Å². The highest BCUT2D eigenvalue weighted by Crippen LogP contribution is 2.44. The first-order chi connectivity index (χ1) is 14.9. The normalized spacial score (nSPS) is 12.2. The standard InChI is InChI=1S/C26H22F4O/c1-3-5-7-15-8-11-19(21(27)12-15)20-14-18-13-17-10-9-16(6-4-2)22(28)25(17)31-26(18)24(30)23(20)29/h3,8-12,14H,1,4-7,13H2,2H3. The second kappa shape index (κ2) is 8.58. The number of aryl methyl sites for hydroxylation is 2. The zero-order valence-corrected chi connectivity index (χ0v) is 17.2.